The van der Waals surface area contributed by atoms with Crippen molar-refractivity contribution < 1.29 is 47.9 Å². The van der Waals surface area contributed by atoms with E-state index in [1.807, 2.05) is 6.92 Å². The topological polar surface area (TPSA) is 119 Å². The second kappa shape index (κ2) is 20.9. The normalized spacial score (nSPS) is 26.3. The Balaban J connectivity index is 0.00000336. The van der Waals surface area contributed by atoms with Gasteiger partial charge in [-0.25, -0.2) is 10.0 Å². The first kappa shape index (κ1) is 38.0. The quantitative estimate of drug-likeness (QED) is 0.219. The molecule has 1 aliphatic rings. The Morgan fingerprint density at radius 1 is 1.03 bits per heavy atom. The number of rotatable bonds is 15. The maximum Gasteiger partial charge on any atom is 0.303 e. The van der Waals surface area contributed by atoms with Crippen LogP contribution < -0.4 is 0 Å². The molecule has 39 heavy (non-hydrogen) atoms. The molecule has 0 radical (unpaired) electrons. The standard InChI is InChI=1S/C25H48O9S.C3H8O/c1-8-9-10-11-12-13-15-35(6,7)16-14-31-25(5)32-18-30-22(17-29-20(3)26)23(28)24(19(2)34-25)33-21(4)27;1-3-4-2/h19,22-24,28H,8-18H2,1-7H3;3H2,1-2H3. The molecule has 0 aliphatic carbocycles. The van der Waals surface area contributed by atoms with E-state index >= 15 is 0 Å². The van der Waals surface area contributed by atoms with Gasteiger partial charge in [0, 0.05) is 40.2 Å². The van der Waals surface area contributed by atoms with Crippen molar-refractivity contribution in [3.63, 3.8) is 0 Å². The Bertz CT molecular complexity index is 660. The highest BCUT2D eigenvalue weighted by Gasteiger charge is 2.42. The van der Waals surface area contributed by atoms with E-state index in [9.17, 15) is 14.7 Å². The molecule has 0 aromatic rings. The number of hydrogen-bond donors (Lipinski definition) is 1. The van der Waals surface area contributed by atoms with Gasteiger partial charge in [0.25, 0.3) is 5.97 Å². The fourth-order valence-corrected chi connectivity index (χ4v) is 5.59. The van der Waals surface area contributed by atoms with Crippen LogP contribution in [0.25, 0.3) is 0 Å². The molecule has 1 aliphatic heterocycles. The minimum Gasteiger partial charge on any atom is -0.463 e. The largest absolute Gasteiger partial charge is 0.463 e. The van der Waals surface area contributed by atoms with Crippen molar-refractivity contribution in [2.75, 3.05) is 57.7 Å². The summed E-state index contributed by atoms with van der Waals surface area (Å²) in [4.78, 5) is 22.9. The van der Waals surface area contributed by atoms with Gasteiger partial charge in [-0.2, -0.15) is 0 Å². The lowest BCUT2D eigenvalue weighted by Gasteiger charge is -2.36. The maximum atomic E-state index is 11.7. The molecule has 234 valence electrons. The summed E-state index contributed by atoms with van der Waals surface area (Å²) < 4.78 is 38.3. The fraction of sp³-hybridized carbons (Fsp3) is 0.929. The molecule has 5 unspecified atom stereocenters. The molecule has 0 bridgehead atoms. The number of esters is 2. The van der Waals surface area contributed by atoms with Crippen molar-refractivity contribution in [2.45, 2.75) is 110 Å². The molecule has 11 heteroatoms. The number of unbranched alkanes of at least 4 members (excludes halogenated alkanes) is 5. The molecule has 1 N–H and O–H groups in total. The van der Waals surface area contributed by atoms with E-state index in [0.717, 1.165) is 12.4 Å². The number of aliphatic hydroxyl groups excluding tert-OH is 1. The minimum absolute atomic E-state index is 0.224. The van der Waals surface area contributed by atoms with Crippen molar-refractivity contribution in [1.29, 1.82) is 0 Å². The Morgan fingerprint density at radius 3 is 2.21 bits per heavy atom. The van der Waals surface area contributed by atoms with E-state index < -0.39 is 52.4 Å². The highest BCUT2D eigenvalue weighted by atomic mass is 32.3. The Hall–Kier alpha value is -0.950. The lowest BCUT2D eigenvalue weighted by Crippen LogP contribution is -2.50. The zero-order valence-electron chi connectivity index (χ0n) is 25.8. The zero-order valence-corrected chi connectivity index (χ0v) is 26.6. The van der Waals surface area contributed by atoms with Gasteiger partial charge in [-0.05, 0) is 38.5 Å². The van der Waals surface area contributed by atoms with Crippen molar-refractivity contribution in [1.82, 2.24) is 0 Å². The van der Waals surface area contributed by atoms with Crippen molar-refractivity contribution >= 4 is 22.0 Å². The van der Waals surface area contributed by atoms with E-state index in [2.05, 4.69) is 24.2 Å². The van der Waals surface area contributed by atoms with Crippen molar-refractivity contribution in [3.05, 3.63) is 0 Å². The van der Waals surface area contributed by atoms with Crippen LogP contribution in [-0.2, 0) is 42.7 Å². The van der Waals surface area contributed by atoms with Crippen LogP contribution in [0.4, 0.5) is 0 Å². The first-order valence-electron chi connectivity index (χ1n) is 14.0. The summed E-state index contributed by atoms with van der Waals surface area (Å²) in [5, 5.41) is 10.8. The Kier molecular flexibility index (Phi) is 20.3. The third-order valence-corrected chi connectivity index (χ3v) is 8.94. The van der Waals surface area contributed by atoms with Gasteiger partial charge < -0.3 is 38.3 Å². The molecular weight excluding hydrogens is 528 g/mol. The van der Waals surface area contributed by atoms with E-state index in [1.165, 1.54) is 58.1 Å². The van der Waals surface area contributed by atoms with Gasteiger partial charge in [-0.1, -0.05) is 39.0 Å². The van der Waals surface area contributed by atoms with Gasteiger partial charge in [0.1, 0.15) is 24.9 Å². The van der Waals surface area contributed by atoms with Gasteiger partial charge in [0.15, 0.2) is 12.9 Å². The van der Waals surface area contributed by atoms with Crippen molar-refractivity contribution in [2.24, 2.45) is 0 Å². The summed E-state index contributed by atoms with van der Waals surface area (Å²) in [6.45, 7) is 10.7. The molecule has 0 spiro atoms. The third-order valence-electron chi connectivity index (χ3n) is 6.28. The lowest BCUT2D eigenvalue weighted by atomic mass is 10.0. The zero-order chi connectivity index (χ0) is 29.9. The summed E-state index contributed by atoms with van der Waals surface area (Å²) >= 11 is 0. The number of methoxy groups -OCH3 is 1. The van der Waals surface area contributed by atoms with Crippen LogP contribution in [0.15, 0.2) is 0 Å². The summed E-state index contributed by atoms with van der Waals surface area (Å²) in [5.41, 5.74) is 0. The first-order valence-corrected chi connectivity index (χ1v) is 16.8. The van der Waals surface area contributed by atoms with Crippen LogP contribution in [-0.4, -0.2) is 105 Å². The highest BCUT2D eigenvalue weighted by Crippen LogP contribution is 2.41. The third kappa shape index (κ3) is 18.2. The number of carbonyl (C=O) groups excluding carboxylic acids is 2. The number of ether oxygens (including phenoxy) is 7. The van der Waals surface area contributed by atoms with E-state index in [1.54, 1.807) is 21.0 Å². The van der Waals surface area contributed by atoms with Crippen LogP contribution >= 0.6 is 10.0 Å². The second-order valence-corrected chi connectivity index (χ2v) is 14.7. The molecule has 0 aromatic heterocycles. The predicted octanol–water partition coefficient (Wildman–Crippen LogP) is 4.39. The average molecular weight is 585 g/mol. The summed E-state index contributed by atoms with van der Waals surface area (Å²) in [6.07, 6.45) is 8.16. The van der Waals surface area contributed by atoms with Crippen LogP contribution in [0.5, 0.6) is 0 Å². The summed E-state index contributed by atoms with van der Waals surface area (Å²) in [7, 11) is 0.857. The Morgan fingerprint density at radius 2 is 1.64 bits per heavy atom. The molecule has 5 atom stereocenters. The predicted molar refractivity (Wildman–Crippen MR) is 154 cm³/mol. The molecular formula is C28H56O10S. The van der Waals surface area contributed by atoms with Crippen molar-refractivity contribution in [3.8, 4) is 0 Å². The lowest BCUT2D eigenvalue weighted by molar-refractivity contribution is -0.399. The number of aliphatic hydroxyl groups is 1. The molecule has 1 heterocycles. The van der Waals surface area contributed by atoms with E-state index in [0.29, 0.717) is 6.61 Å². The van der Waals surface area contributed by atoms with Gasteiger partial charge >= 0.3 is 11.9 Å². The summed E-state index contributed by atoms with van der Waals surface area (Å²) in [6, 6.07) is 0. The van der Waals surface area contributed by atoms with Crippen LogP contribution in [0.1, 0.15) is 80.1 Å². The van der Waals surface area contributed by atoms with Crippen LogP contribution in [0.3, 0.4) is 0 Å². The van der Waals surface area contributed by atoms with E-state index in [4.69, 9.17) is 28.4 Å². The average Bonchev–Trinajstić information content (AvgIpc) is 2.89. The molecule has 1 fully saturated rings. The van der Waals surface area contributed by atoms with Crippen LogP contribution in [0.2, 0.25) is 0 Å². The number of carbonyl (C=O) groups is 2. The monoisotopic (exact) mass is 584 g/mol. The minimum atomic E-state index is -1.47. The molecule has 10 nitrogen and oxygen atoms in total. The van der Waals surface area contributed by atoms with Gasteiger partial charge in [-0.15, -0.1) is 0 Å². The SMILES string of the molecule is CCCCCCCCS(C)(C)CCOC1(C)OCOC(COC(C)=O)C(O)C(OC(C)=O)C(C)O1.CCOC. The summed E-state index contributed by atoms with van der Waals surface area (Å²) in [5.74, 6) is -0.486. The van der Waals surface area contributed by atoms with Crippen LogP contribution in [0, 0.1) is 0 Å². The smallest absolute Gasteiger partial charge is 0.303 e. The molecule has 0 amide bonds. The second-order valence-electron chi connectivity index (χ2n) is 10.4. The number of hydrogen-bond acceptors (Lipinski definition) is 10. The molecule has 0 saturated carbocycles. The first-order chi connectivity index (χ1) is 18.3. The Labute approximate surface area is 238 Å². The highest BCUT2D eigenvalue weighted by molar-refractivity contribution is 8.32. The molecule has 1 rings (SSSR count). The maximum absolute atomic E-state index is 11.7. The molecule has 1 saturated heterocycles. The van der Waals surface area contributed by atoms with E-state index in [-0.39, 0.29) is 13.4 Å². The fourth-order valence-electron chi connectivity index (χ4n) is 3.86. The van der Waals surface area contributed by atoms with Gasteiger partial charge in [-0.3, -0.25) is 9.59 Å². The molecule has 0 aromatic carbocycles. The van der Waals surface area contributed by atoms with Gasteiger partial charge in [0.05, 0.1) is 6.61 Å². The van der Waals surface area contributed by atoms with Gasteiger partial charge in [0.2, 0.25) is 0 Å².